The van der Waals surface area contributed by atoms with Crippen LogP contribution in [0.4, 0.5) is 0 Å². The number of hydrogen-bond acceptors (Lipinski definition) is 3. The molecule has 0 aliphatic heterocycles. The van der Waals surface area contributed by atoms with Crippen molar-refractivity contribution in [2.75, 3.05) is 7.05 Å². The van der Waals surface area contributed by atoms with Crippen LogP contribution >= 0.6 is 11.3 Å². The Morgan fingerprint density at radius 1 is 1.35 bits per heavy atom. The second kappa shape index (κ2) is 4.67. The minimum atomic E-state index is 0.209. The molecule has 0 amide bonds. The van der Waals surface area contributed by atoms with Crippen molar-refractivity contribution in [1.82, 2.24) is 5.32 Å². The first-order chi connectivity index (χ1) is 8.38. The van der Waals surface area contributed by atoms with E-state index in [1.807, 2.05) is 30.5 Å². The maximum atomic E-state index is 5.52. The van der Waals surface area contributed by atoms with E-state index in [9.17, 15) is 0 Å². The Morgan fingerprint density at radius 2 is 2.24 bits per heavy atom. The maximum absolute atomic E-state index is 5.52. The summed E-state index contributed by atoms with van der Waals surface area (Å²) in [5.41, 5.74) is 1.56. The molecule has 3 rings (SSSR count). The van der Waals surface area contributed by atoms with Gasteiger partial charge in [-0.25, -0.2) is 0 Å². The molecule has 0 saturated carbocycles. The molecule has 0 saturated heterocycles. The normalized spacial score (nSPS) is 16.8. The van der Waals surface area contributed by atoms with Crippen molar-refractivity contribution in [3.05, 3.63) is 45.5 Å². The van der Waals surface area contributed by atoms with E-state index in [0.717, 1.165) is 5.76 Å². The molecule has 1 aliphatic rings. The number of rotatable bonds is 3. The van der Waals surface area contributed by atoms with Crippen molar-refractivity contribution in [3.63, 3.8) is 0 Å². The summed E-state index contributed by atoms with van der Waals surface area (Å²) < 4.78 is 5.52. The van der Waals surface area contributed by atoms with Gasteiger partial charge in [-0.1, -0.05) is 0 Å². The summed E-state index contributed by atoms with van der Waals surface area (Å²) in [6, 6.07) is 6.57. The van der Waals surface area contributed by atoms with Gasteiger partial charge >= 0.3 is 0 Å². The van der Waals surface area contributed by atoms with Crippen LogP contribution in [0.15, 0.2) is 28.9 Å². The Balaban J connectivity index is 1.94. The predicted molar refractivity (Wildman–Crippen MR) is 70.6 cm³/mol. The fourth-order valence-corrected chi connectivity index (χ4v) is 3.91. The third-order valence-electron chi connectivity index (χ3n) is 3.42. The lowest BCUT2D eigenvalue weighted by atomic mass is 9.98. The molecule has 3 heteroatoms. The van der Waals surface area contributed by atoms with Crippen molar-refractivity contribution >= 4 is 11.3 Å². The van der Waals surface area contributed by atoms with Crippen LogP contribution in [0.5, 0.6) is 0 Å². The Hall–Kier alpha value is -1.06. The Kier molecular flexibility index (Phi) is 3.04. The van der Waals surface area contributed by atoms with Crippen molar-refractivity contribution in [2.45, 2.75) is 31.7 Å². The number of nitrogens with one attached hydrogen (secondary N) is 1. The van der Waals surface area contributed by atoms with Gasteiger partial charge in [-0.05, 0) is 56.5 Å². The summed E-state index contributed by atoms with van der Waals surface area (Å²) in [5.74, 6) is 1.01. The molecule has 2 heterocycles. The molecule has 1 N–H and O–H groups in total. The number of aryl methyl sites for hydroxylation is 2. The molecule has 2 nitrogen and oxygen atoms in total. The molecule has 1 unspecified atom stereocenters. The lowest BCUT2D eigenvalue weighted by Gasteiger charge is -2.10. The van der Waals surface area contributed by atoms with Gasteiger partial charge in [0.1, 0.15) is 11.8 Å². The fourth-order valence-electron chi connectivity index (χ4n) is 2.54. The van der Waals surface area contributed by atoms with Crippen LogP contribution in [0.3, 0.4) is 0 Å². The maximum Gasteiger partial charge on any atom is 0.126 e. The molecule has 2 aromatic rings. The Bertz CT molecular complexity index is 463. The largest absolute Gasteiger partial charge is 0.467 e. The standard InChI is InChI=1S/C14H17NOS/c1-15-14(11-6-4-8-16-11)13-9-10-5-2-3-7-12(10)17-13/h4,6,8-9,14-15H,2-3,5,7H2,1H3. The van der Waals surface area contributed by atoms with E-state index in [1.165, 1.54) is 30.6 Å². The van der Waals surface area contributed by atoms with Gasteiger partial charge in [0.15, 0.2) is 0 Å². The zero-order valence-corrected chi connectivity index (χ0v) is 10.8. The summed E-state index contributed by atoms with van der Waals surface area (Å²) in [6.07, 6.45) is 6.94. The van der Waals surface area contributed by atoms with Crippen LogP contribution in [0.2, 0.25) is 0 Å². The second-order valence-corrected chi connectivity index (χ2v) is 5.71. The van der Waals surface area contributed by atoms with Gasteiger partial charge < -0.3 is 9.73 Å². The lowest BCUT2D eigenvalue weighted by molar-refractivity contribution is 0.466. The predicted octanol–water partition coefficient (Wildman–Crippen LogP) is 3.53. The molecule has 0 aromatic carbocycles. The molecule has 1 aliphatic carbocycles. The van der Waals surface area contributed by atoms with Gasteiger partial charge in [0, 0.05) is 9.75 Å². The third kappa shape index (κ3) is 2.05. The summed E-state index contributed by atoms with van der Waals surface area (Å²) in [7, 11) is 1.99. The molecule has 0 fully saturated rings. The monoisotopic (exact) mass is 247 g/mol. The van der Waals surface area contributed by atoms with Gasteiger partial charge in [0.05, 0.1) is 6.26 Å². The van der Waals surface area contributed by atoms with Crippen molar-refractivity contribution in [1.29, 1.82) is 0 Å². The smallest absolute Gasteiger partial charge is 0.126 e. The fraction of sp³-hybridized carbons (Fsp3) is 0.429. The quantitative estimate of drug-likeness (QED) is 0.897. The van der Waals surface area contributed by atoms with Crippen molar-refractivity contribution in [2.24, 2.45) is 0 Å². The van der Waals surface area contributed by atoms with Gasteiger partial charge in [-0.15, -0.1) is 11.3 Å². The van der Waals surface area contributed by atoms with Gasteiger partial charge in [-0.2, -0.15) is 0 Å². The highest BCUT2D eigenvalue weighted by atomic mass is 32.1. The lowest BCUT2D eigenvalue weighted by Crippen LogP contribution is -2.15. The average Bonchev–Trinajstić information content (AvgIpc) is 2.98. The van der Waals surface area contributed by atoms with E-state index in [4.69, 9.17) is 4.42 Å². The van der Waals surface area contributed by atoms with Crippen molar-refractivity contribution < 1.29 is 4.42 Å². The summed E-state index contributed by atoms with van der Waals surface area (Å²) in [5, 5.41) is 3.35. The minimum absolute atomic E-state index is 0.209. The second-order valence-electron chi connectivity index (χ2n) is 4.54. The number of fused-ring (bicyclic) bond motifs is 1. The molecule has 0 spiro atoms. The zero-order valence-electron chi connectivity index (χ0n) is 10.0. The first-order valence-electron chi connectivity index (χ1n) is 6.20. The highest BCUT2D eigenvalue weighted by Gasteiger charge is 2.20. The molecule has 1 atom stereocenters. The topological polar surface area (TPSA) is 25.2 Å². The molecule has 17 heavy (non-hydrogen) atoms. The highest BCUT2D eigenvalue weighted by Crippen LogP contribution is 2.35. The highest BCUT2D eigenvalue weighted by molar-refractivity contribution is 7.12. The van der Waals surface area contributed by atoms with E-state index in [0.29, 0.717) is 0 Å². The molecule has 90 valence electrons. The van der Waals surface area contributed by atoms with Crippen LogP contribution < -0.4 is 5.32 Å². The van der Waals surface area contributed by atoms with Gasteiger partial charge in [0.25, 0.3) is 0 Å². The number of furan rings is 1. The molecule has 0 radical (unpaired) electrons. The summed E-state index contributed by atoms with van der Waals surface area (Å²) >= 11 is 1.94. The van der Waals surface area contributed by atoms with E-state index in [-0.39, 0.29) is 6.04 Å². The molecule has 0 bridgehead atoms. The summed E-state index contributed by atoms with van der Waals surface area (Å²) in [6.45, 7) is 0. The molecule has 2 aromatic heterocycles. The van der Waals surface area contributed by atoms with E-state index in [2.05, 4.69) is 11.4 Å². The van der Waals surface area contributed by atoms with Crippen molar-refractivity contribution in [3.8, 4) is 0 Å². The Morgan fingerprint density at radius 3 is 2.94 bits per heavy atom. The van der Waals surface area contributed by atoms with Crippen LogP contribution in [0.25, 0.3) is 0 Å². The first-order valence-corrected chi connectivity index (χ1v) is 7.02. The molecular formula is C14H17NOS. The number of thiophene rings is 1. The number of hydrogen-bond donors (Lipinski definition) is 1. The van der Waals surface area contributed by atoms with Crippen LogP contribution in [-0.2, 0) is 12.8 Å². The van der Waals surface area contributed by atoms with Gasteiger partial charge in [-0.3, -0.25) is 0 Å². The minimum Gasteiger partial charge on any atom is -0.467 e. The SMILES string of the molecule is CNC(c1ccco1)c1cc2c(s1)CCCC2. The summed E-state index contributed by atoms with van der Waals surface area (Å²) in [4.78, 5) is 2.97. The van der Waals surface area contributed by atoms with Crippen LogP contribution in [0, 0.1) is 0 Å². The zero-order chi connectivity index (χ0) is 11.7. The molecular weight excluding hydrogens is 230 g/mol. The average molecular weight is 247 g/mol. The van der Waals surface area contributed by atoms with Gasteiger partial charge in [0.2, 0.25) is 0 Å². The Labute approximate surface area is 106 Å². The van der Waals surface area contributed by atoms with Crippen LogP contribution in [0.1, 0.15) is 40.0 Å². The van der Waals surface area contributed by atoms with E-state index >= 15 is 0 Å². The van der Waals surface area contributed by atoms with Crippen LogP contribution in [-0.4, -0.2) is 7.05 Å². The van der Waals surface area contributed by atoms with E-state index < -0.39 is 0 Å². The third-order valence-corrected chi connectivity index (χ3v) is 4.72. The first kappa shape index (κ1) is 11.1. The van der Waals surface area contributed by atoms with E-state index in [1.54, 1.807) is 16.7 Å².